The lowest BCUT2D eigenvalue weighted by molar-refractivity contribution is -0.127. The Kier molecular flexibility index (Phi) is 7.77. The quantitative estimate of drug-likeness (QED) is 0.372. The first-order valence-electron chi connectivity index (χ1n) is 12.1. The molecule has 3 aromatic rings. The number of pyridine rings is 1. The number of carbonyl (C=O) groups is 2. The number of nitrogen functional groups attached to an aromatic ring is 1. The van der Waals surface area contributed by atoms with Crippen LogP contribution in [0.15, 0.2) is 66.9 Å². The van der Waals surface area contributed by atoms with Gasteiger partial charge in [0.25, 0.3) is 5.91 Å². The second-order valence-electron chi connectivity index (χ2n) is 9.34. The van der Waals surface area contributed by atoms with Crippen LogP contribution in [0.2, 0.25) is 0 Å². The summed E-state index contributed by atoms with van der Waals surface area (Å²) in [6, 6.07) is 18.8. The second-order valence-corrected chi connectivity index (χ2v) is 9.34. The van der Waals surface area contributed by atoms with Crippen LogP contribution in [-0.4, -0.2) is 23.3 Å². The zero-order chi connectivity index (χ0) is 24.8. The Morgan fingerprint density at radius 3 is 2.37 bits per heavy atom. The van der Waals surface area contributed by atoms with E-state index in [4.69, 9.17) is 17.2 Å². The minimum absolute atomic E-state index is 0.00511. The fourth-order valence-electron chi connectivity index (χ4n) is 4.80. The molecule has 0 bridgehead atoms. The summed E-state index contributed by atoms with van der Waals surface area (Å²) in [5.41, 5.74) is 21.4. The number of anilines is 1. The first kappa shape index (κ1) is 24.4. The van der Waals surface area contributed by atoms with Crippen molar-refractivity contribution in [2.24, 2.45) is 23.3 Å². The zero-order valence-corrected chi connectivity index (χ0v) is 19.8. The van der Waals surface area contributed by atoms with E-state index in [1.807, 2.05) is 36.4 Å². The molecule has 1 aromatic heterocycles. The number of hydrogen-bond donors (Lipinski definition) is 4. The third kappa shape index (κ3) is 6.05. The molecule has 4 rings (SSSR count). The predicted octanol–water partition coefficient (Wildman–Crippen LogP) is 3.59. The average molecular weight is 472 g/mol. The SMILES string of the molecule is NCC1CCC(C(=O)NC(Cc2ccccc2)c2cc(-c3ccc(N)c(C(N)=O)c3)ccn2)CC1. The standard InChI is InChI=1S/C28H33N5O2/c29-17-19-6-8-20(9-7-19)28(35)33-26(14-18-4-2-1-3-5-18)25-16-22(12-13-32-25)21-10-11-24(30)23(15-21)27(31)34/h1-5,10-13,15-16,19-20,26H,6-9,14,17,29-30H2,(H2,31,34)(H,33,35). The van der Waals surface area contributed by atoms with Gasteiger partial charge in [0.1, 0.15) is 0 Å². The number of nitrogens with two attached hydrogens (primary N) is 3. The molecule has 7 N–H and O–H groups in total. The molecule has 2 amide bonds. The largest absolute Gasteiger partial charge is 0.398 e. The van der Waals surface area contributed by atoms with E-state index < -0.39 is 5.91 Å². The summed E-state index contributed by atoms with van der Waals surface area (Å²) >= 11 is 0. The molecular formula is C28H33N5O2. The van der Waals surface area contributed by atoms with E-state index in [1.165, 1.54) is 0 Å². The minimum atomic E-state index is -0.572. The van der Waals surface area contributed by atoms with Crippen LogP contribution in [0.25, 0.3) is 11.1 Å². The third-order valence-electron chi connectivity index (χ3n) is 6.94. The molecule has 1 heterocycles. The number of rotatable bonds is 8. The van der Waals surface area contributed by atoms with Crippen molar-refractivity contribution in [3.63, 3.8) is 0 Å². The molecule has 7 nitrogen and oxygen atoms in total. The summed E-state index contributed by atoms with van der Waals surface area (Å²) in [4.78, 5) is 29.6. The van der Waals surface area contributed by atoms with Crippen LogP contribution in [0.3, 0.4) is 0 Å². The number of nitrogens with zero attached hydrogens (tertiary/aromatic N) is 1. The Hall–Kier alpha value is -3.71. The van der Waals surface area contributed by atoms with Gasteiger partial charge in [-0.25, -0.2) is 0 Å². The van der Waals surface area contributed by atoms with Crippen molar-refractivity contribution in [2.45, 2.75) is 38.1 Å². The highest BCUT2D eigenvalue weighted by molar-refractivity contribution is 5.99. The van der Waals surface area contributed by atoms with E-state index in [0.717, 1.165) is 48.1 Å². The van der Waals surface area contributed by atoms with Crippen molar-refractivity contribution in [1.29, 1.82) is 0 Å². The van der Waals surface area contributed by atoms with Crippen LogP contribution < -0.4 is 22.5 Å². The van der Waals surface area contributed by atoms with Gasteiger partial charge in [0.15, 0.2) is 0 Å². The number of hydrogen-bond acceptors (Lipinski definition) is 5. The minimum Gasteiger partial charge on any atom is -0.398 e. The van der Waals surface area contributed by atoms with E-state index >= 15 is 0 Å². The van der Waals surface area contributed by atoms with E-state index in [0.29, 0.717) is 24.6 Å². The van der Waals surface area contributed by atoms with E-state index in [2.05, 4.69) is 22.4 Å². The Morgan fingerprint density at radius 2 is 1.69 bits per heavy atom. The molecule has 1 aliphatic rings. The molecule has 2 aromatic carbocycles. The monoisotopic (exact) mass is 471 g/mol. The lowest BCUT2D eigenvalue weighted by Crippen LogP contribution is -2.37. The fraction of sp³-hybridized carbons (Fsp3) is 0.321. The maximum atomic E-state index is 13.2. The number of primary amides is 1. The van der Waals surface area contributed by atoms with E-state index in [9.17, 15) is 9.59 Å². The number of benzene rings is 2. The summed E-state index contributed by atoms with van der Waals surface area (Å²) in [6.07, 6.45) is 6.05. The summed E-state index contributed by atoms with van der Waals surface area (Å²) < 4.78 is 0. The number of aromatic nitrogens is 1. The highest BCUT2D eigenvalue weighted by atomic mass is 16.2. The summed E-state index contributed by atoms with van der Waals surface area (Å²) in [6.45, 7) is 0.685. The molecule has 1 fully saturated rings. The van der Waals surface area contributed by atoms with Gasteiger partial charge < -0.3 is 22.5 Å². The molecule has 0 saturated heterocycles. The van der Waals surface area contributed by atoms with Crippen LogP contribution in [0.1, 0.15) is 53.3 Å². The molecule has 1 saturated carbocycles. The molecule has 0 radical (unpaired) electrons. The van der Waals surface area contributed by atoms with Crippen LogP contribution in [0.5, 0.6) is 0 Å². The third-order valence-corrected chi connectivity index (χ3v) is 6.94. The molecule has 35 heavy (non-hydrogen) atoms. The van der Waals surface area contributed by atoms with Gasteiger partial charge in [0, 0.05) is 17.8 Å². The molecular weight excluding hydrogens is 438 g/mol. The predicted molar refractivity (Wildman–Crippen MR) is 138 cm³/mol. The van der Waals surface area contributed by atoms with Gasteiger partial charge in [-0.3, -0.25) is 14.6 Å². The Morgan fingerprint density at radius 1 is 0.971 bits per heavy atom. The first-order valence-corrected chi connectivity index (χ1v) is 12.1. The van der Waals surface area contributed by atoms with Crippen molar-refractivity contribution in [2.75, 3.05) is 12.3 Å². The Labute approximate surface area is 206 Å². The lowest BCUT2D eigenvalue weighted by atomic mass is 9.81. The maximum Gasteiger partial charge on any atom is 0.250 e. The van der Waals surface area contributed by atoms with Crippen LogP contribution in [0.4, 0.5) is 5.69 Å². The Bertz CT molecular complexity index is 1170. The topological polar surface area (TPSA) is 137 Å². The number of nitrogens with one attached hydrogen (secondary N) is 1. The van der Waals surface area contributed by atoms with Gasteiger partial charge >= 0.3 is 0 Å². The van der Waals surface area contributed by atoms with Crippen molar-refractivity contribution in [3.8, 4) is 11.1 Å². The van der Waals surface area contributed by atoms with Crippen molar-refractivity contribution in [3.05, 3.63) is 83.7 Å². The molecule has 0 aliphatic heterocycles. The van der Waals surface area contributed by atoms with Crippen molar-refractivity contribution in [1.82, 2.24) is 10.3 Å². The van der Waals surface area contributed by atoms with Gasteiger partial charge in [-0.05, 0) is 85.5 Å². The number of carbonyl (C=O) groups excluding carboxylic acids is 2. The first-order chi connectivity index (χ1) is 16.9. The maximum absolute atomic E-state index is 13.2. The van der Waals surface area contributed by atoms with Crippen molar-refractivity contribution >= 4 is 17.5 Å². The van der Waals surface area contributed by atoms with Crippen molar-refractivity contribution < 1.29 is 9.59 Å². The number of amides is 2. The van der Waals surface area contributed by atoms with Gasteiger partial charge in [0.2, 0.25) is 5.91 Å². The fourth-order valence-corrected chi connectivity index (χ4v) is 4.80. The van der Waals surface area contributed by atoms with Gasteiger partial charge in [-0.2, -0.15) is 0 Å². The van der Waals surface area contributed by atoms with Crippen LogP contribution in [-0.2, 0) is 11.2 Å². The lowest BCUT2D eigenvalue weighted by Gasteiger charge is -2.28. The summed E-state index contributed by atoms with van der Waals surface area (Å²) in [5, 5.41) is 3.27. The zero-order valence-electron chi connectivity index (χ0n) is 19.8. The van der Waals surface area contributed by atoms with E-state index in [1.54, 1.807) is 18.3 Å². The molecule has 1 unspecified atom stereocenters. The van der Waals surface area contributed by atoms with E-state index in [-0.39, 0.29) is 23.4 Å². The second kappa shape index (κ2) is 11.1. The highest BCUT2D eigenvalue weighted by Gasteiger charge is 2.28. The van der Waals surface area contributed by atoms with Gasteiger partial charge in [-0.1, -0.05) is 36.4 Å². The molecule has 1 aliphatic carbocycles. The molecule has 0 spiro atoms. The van der Waals surface area contributed by atoms with Gasteiger partial charge in [0.05, 0.1) is 17.3 Å². The highest BCUT2D eigenvalue weighted by Crippen LogP contribution is 2.30. The van der Waals surface area contributed by atoms with Crippen LogP contribution >= 0.6 is 0 Å². The molecule has 7 heteroatoms. The molecule has 1 atom stereocenters. The van der Waals surface area contributed by atoms with Gasteiger partial charge in [-0.15, -0.1) is 0 Å². The molecule has 182 valence electrons. The van der Waals surface area contributed by atoms with Crippen LogP contribution in [0, 0.1) is 11.8 Å². The summed E-state index contributed by atoms with van der Waals surface area (Å²) in [5.74, 6) is 0.00602. The Balaban J connectivity index is 1.60. The smallest absolute Gasteiger partial charge is 0.250 e. The summed E-state index contributed by atoms with van der Waals surface area (Å²) in [7, 11) is 0. The average Bonchev–Trinajstić information content (AvgIpc) is 2.89. The normalized spacial score (nSPS) is 18.5.